The van der Waals surface area contributed by atoms with Gasteiger partial charge in [0, 0.05) is 25.5 Å². The van der Waals surface area contributed by atoms with Crippen LogP contribution in [0.1, 0.15) is 23.5 Å². The smallest absolute Gasteiger partial charge is 0.346 e. The van der Waals surface area contributed by atoms with Crippen LogP contribution in [0.15, 0.2) is 41.6 Å². The van der Waals surface area contributed by atoms with Crippen LogP contribution in [-0.4, -0.2) is 43.0 Å². The molecule has 2 aliphatic rings. The lowest BCUT2D eigenvalue weighted by Crippen LogP contribution is -2.46. The molecule has 1 unspecified atom stereocenters. The van der Waals surface area contributed by atoms with E-state index in [1.165, 1.54) is 10.9 Å². The molecule has 150 valence electrons. The van der Waals surface area contributed by atoms with E-state index in [1.807, 2.05) is 24.0 Å². The summed E-state index contributed by atoms with van der Waals surface area (Å²) in [5.41, 5.74) is 1.66. The van der Waals surface area contributed by atoms with E-state index in [1.54, 1.807) is 23.0 Å². The fourth-order valence-electron chi connectivity index (χ4n) is 4.15. The number of anilines is 1. The van der Waals surface area contributed by atoms with Gasteiger partial charge >= 0.3 is 5.69 Å². The minimum Gasteiger partial charge on any atom is -0.366 e. The van der Waals surface area contributed by atoms with E-state index in [2.05, 4.69) is 15.1 Å². The summed E-state index contributed by atoms with van der Waals surface area (Å²) in [5, 5.41) is 4.45. The van der Waals surface area contributed by atoms with Gasteiger partial charge in [-0.2, -0.15) is 5.10 Å². The van der Waals surface area contributed by atoms with Crippen molar-refractivity contribution in [2.45, 2.75) is 38.6 Å². The minimum atomic E-state index is -0.526. The van der Waals surface area contributed by atoms with Crippen LogP contribution in [-0.2, 0) is 24.4 Å². The zero-order chi connectivity index (χ0) is 20.0. The second-order valence-electron chi connectivity index (χ2n) is 7.68. The molecule has 0 aromatic carbocycles. The van der Waals surface area contributed by atoms with E-state index in [4.69, 9.17) is 4.74 Å². The summed E-state index contributed by atoms with van der Waals surface area (Å²) in [6.45, 7) is 4.14. The Morgan fingerprint density at radius 2 is 2.17 bits per heavy atom. The molecule has 0 aliphatic carbocycles. The molecule has 2 aliphatic heterocycles. The largest absolute Gasteiger partial charge is 0.366 e. The highest BCUT2D eigenvalue weighted by atomic mass is 19.1. The van der Waals surface area contributed by atoms with Gasteiger partial charge in [-0.25, -0.2) is 13.9 Å². The number of hydrogen-bond acceptors (Lipinski definition) is 6. The standard InChI is InChI=1S/C20H21FN6O2/c1-14-3-2-6-23-16(14)10-27-19(28)26-13-20(29-11-18(26)24-27)5-8-25(12-20)17-4-7-22-9-15(17)21/h2-4,6-7,9H,5,8,10-13H2,1H3. The molecule has 1 saturated heterocycles. The van der Waals surface area contributed by atoms with Gasteiger partial charge in [-0.3, -0.25) is 14.5 Å². The molecule has 3 aromatic heterocycles. The Hall–Kier alpha value is -3.07. The van der Waals surface area contributed by atoms with E-state index in [0.29, 0.717) is 44.1 Å². The number of pyridine rings is 2. The molecule has 0 amide bonds. The van der Waals surface area contributed by atoms with Crippen molar-refractivity contribution < 1.29 is 9.13 Å². The topological polar surface area (TPSA) is 78.1 Å². The van der Waals surface area contributed by atoms with Crippen LogP contribution in [0.4, 0.5) is 10.1 Å². The zero-order valence-electron chi connectivity index (χ0n) is 16.1. The van der Waals surface area contributed by atoms with Gasteiger partial charge in [-0.15, -0.1) is 0 Å². The molecule has 0 radical (unpaired) electrons. The van der Waals surface area contributed by atoms with Crippen LogP contribution >= 0.6 is 0 Å². The van der Waals surface area contributed by atoms with Gasteiger partial charge in [0.2, 0.25) is 0 Å². The maximum Gasteiger partial charge on any atom is 0.346 e. The molecule has 1 spiro atoms. The first-order chi connectivity index (χ1) is 14.0. The van der Waals surface area contributed by atoms with Crippen LogP contribution in [0, 0.1) is 12.7 Å². The minimum absolute atomic E-state index is 0.165. The van der Waals surface area contributed by atoms with E-state index in [9.17, 15) is 9.18 Å². The van der Waals surface area contributed by atoms with Gasteiger partial charge in [0.25, 0.3) is 0 Å². The maximum atomic E-state index is 14.1. The number of aryl methyl sites for hydroxylation is 1. The van der Waals surface area contributed by atoms with Gasteiger partial charge in [0.1, 0.15) is 12.2 Å². The Morgan fingerprint density at radius 1 is 1.28 bits per heavy atom. The summed E-state index contributed by atoms with van der Waals surface area (Å²) in [7, 11) is 0. The van der Waals surface area contributed by atoms with Crippen LogP contribution in [0.3, 0.4) is 0 Å². The second kappa shape index (κ2) is 6.77. The molecule has 5 heterocycles. The van der Waals surface area contributed by atoms with Crippen molar-refractivity contribution in [3.05, 3.63) is 70.2 Å². The van der Waals surface area contributed by atoms with Crippen molar-refractivity contribution in [1.82, 2.24) is 24.3 Å². The Morgan fingerprint density at radius 3 is 3.00 bits per heavy atom. The van der Waals surface area contributed by atoms with Crippen LogP contribution in [0.5, 0.6) is 0 Å². The third-order valence-electron chi connectivity index (χ3n) is 5.78. The van der Waals surface area contributed by atoms with E-state index < -0.39 is 5.60 Å². The van der Waals surface area contributed by atoms with Crippen molar-refractivity contribution in [1.29, 1.82) is 0 Å². The molecule has 0 bridgehead atoms. The third-order valence-corrected chi connectivity index (χ3v) is 5.78. The van der Waals surface area contributed by atoms with E-state index in [-0.39, 0.29) is 18.1 Å². The van der Waals surface area contributed by atoms with Crippen molar-refractivity contribution in [2.75, 3.05) is 18.0 Å². The number of hydrogen-bond donors (Lipinski definition) is 0. The van der Waals surface area contributed by atoms with Crippen molar-refractivity contribution >= 4 is 5.69 Å². The molecular weight excluding hydrogens is 375 g/mol. The average molecular weight is 396 g/mol. The van der Waals surface area contributed by atoms with Crippen molar-refractivity contribution in [3.63, 3.8) is 0 Å². The highest BCUT2D eigenvalue weighted by molar-refractivity contribution is 5.48. The van der Waals surface area contributed by atoms with Crippen molar-refractivity contribution in [3.8, 4) is 0 Å². The van der Waals surface area contributed by atoms with Gasteiger partial charge in [0.05, 0.1) is 30.7 Å². The first kappa shape index (κ1) is 18.0. The molecule has 1 atom stereocenters. The fraction of sp³-hybridized carbons (Fsp3) is 0.400. The van der Waals surface area contributed by atoms with Crippen LogP contribution < -0.4 is 10.6 Å². The van der Waals surface area contributed by atoms with Crippen LogP contribution in [0.25, 0.3) is 0 Å². The van der Waals surface area contributed by atoms with E-state index >= 15 is 0 Å². The summed E-state index contributed by atoms with van der Waals surface area (Å²) in [6.07, 6.45) is 5.23. The van der Waals surface area contributed by atoms with Crippen molar-refractivity contribution in [2.24, 2.45) is 0 Å². The molecule has 3 aromatic rings. The lowest BCUT2D eigenvalue weighted by atomic mass is 10.0. The number of fused-ring (bicyclic) bond motifs is 1. The average Bonchev–Trinajstić information content (AvgIpc) is 3.26. The molecule has 5 rings (SSSR count). The maximum absolute atomic E-state index is 14.1. The number of ether oxygens (including phenoxy) is 1. The Bertz CT molecular complexity index is 1130. The lowest BCUT2D eigenvalue weighted by molar-refractivity contribution is -0.0759. The molecule has 8 nitrogen and oxygen atoms in total. The Kier molecular flexibility index (Phi) is 4.20. The van der Waals surface area contributed by atoms with Gasteiger partial charge in [-0.1, -0.05) is 6.07 Å². The highest BCUT2D eigenvalue weighted by Crippen LogP contribution is 2.34. The SMILES string of the molecule is Cc1cccnc1Cn1nc2n(c1=O)CC1(CCN(c3ccncc3F)C1)OC2. The third kappa shape index (κ3) is 3.11. The van der Waals surface area contributed by atoms with Gasteiger partial charge < -0.3 is 9.64 Å². The summed E-state index contributed by atoms with van der Waals surface area (Å²) in [5.74, 6) is 0.263. The first-order valence-corrected chi connectivity index (χ1v) is 9.60. The monoisotopic (exact) mass is 396 g/mol. The predicted molar refractivity (Wildman–Crippen MR) is 103 cm³/mol. The summed E-state index contributed by atoms with van der Waals surface area (Å²) < 4.78 is 23.4. The lowest BCUT2D eigenvalue weighted by Gasteiger charge is -2.33. The summed E-state index contributed by atoms with van der Waals surface area (Å²) >= 11 is 0. The molecule has 29 heavy (non-hydrogen) atoms. The molecule has 1 fully saturated rings. The van der Waals surface area contributed by atoms with Gasteiger partial charge in [0.15, 0.2) is 11.6 Å². The fourth-order valence-corrected chi connectivity index (χ4v) is 4.15. The summed E-state index contributed by atoms with van der Waals surface area (Å²) in [4.78, 5) is 23.1. The first-order valence-electron chi connectivity index (χ1n) is 9.60. The number of aromatic nitrogens is 5. The van der Waals surface area contributed by atoms with Crippen LogP contribution in [0.2, 0.25) is 0 Å². The molecular formula is C20H21FN6O2. The second-order valence-corrected chi connectivity index (χ2v) is 7.68. The molecule has 0 saturated carbocycles. The zero-order valence-corrected chi connectivity index (χ0v) is 16.1. The quantitative estimate of drug-likeness (QED) is 0.668. The number of halogens is 1. The highest BCUT2D eigenvalue weighted by Gasteiger charge is 2.44. The molecule has 0 N–H and O–H groups in total. The summed E-state index contributed by atoms with van der Waals surface area (Å²) in [6, 6.07) is 5.50. The van der Waals surface area contributed by atoms with Gasteiger partial charge in [-0.05, 0) is 31.0 Å². The molecule has 9 heteroatoms. The number of rotatable bonds is 3. The Labute approximate surface area is 166 Å². The predicted octanol–water partition coefficient (Wildman–Crippen LogP) is 1.51. The Balaban J connectivity index is 1.39. The number of nitrogens with zero attached hydrogens (tertiary/aromatic N) is 6. The van der Waals surface area contributed by atoms with E-state index in [0.717, 1.165) is 11.3 Å². The normalized spacial score (nSPS) is 21.0.